The molecule has 66 valence electrons. The first-order valence-corrected chi connectivity index (χ1v) is 3.91. The third-order valence-electron chi connectivity index (χ3n) is 2.43. The molecule has 2 bridgehead atoms. The number of hydrogen-bond donors (Lipinski definition) is 1. The van der Waals surface area contributed by atoms with Crippen molar-refractivity contribution < 1.29 is 14.3 Å². The number of esters is 1. The summed E-state index contributed by atoms with van der Waals surface area (Å²) in [6.07, 6.45) is 3.50. The molecule has 2 N–H and O–H groups in total. The average molecular weight is 169 g/mol. The van der Waals surface area contributed by atoms with Gasteiger partial charge in [0.15, 0.2) is 0 Å². The lowest BCUT2D eigenvalue weighted by molar-refractivity contribution is -0.146. The van der Waals surface area contributed by atoms with E-state index in [-0.39, 0.29) is 30.1 Å². The Labute approximate surface area is 70.3 Å². The van der Waals surface area contributed by atoms with Gasteiger partial charge in [0.05, 0.1) is 25.4 Å². The molecule has 1 saturated heterocycles. The highest BCUT2D eigenvalue weighted by molar-refractivity contribution is 5.75. The van der Waals surface area contributed by atoms with Gasteiger partial charge in [0.1, 0.15) is 5.92 Å². The zero-order chi connectivity index (χ0) is 8.72. The summed E-state index contributed by atoms with van der Waals surface area (Å²) in [5, 5.41) is 0. The van der Waals surface area contributed by atoms with Gasteiger partial charge in [-0.3, -0.25) is 4.79 Å². The lowest BCUT2D eigenvalue weighted by atomic mass is 9.90. The minimum atomic E-state index is -0.315. The van der Waals surface area contributed by atoms with Crippen LogP contribution in [0.4, 0.5) is 0 Å². The summed E-state index contributed by atoms with van der Waals surface area (Å²) >= 11 is 0. The van der Waals surface area contributed by atoms with E-state index in [1.165, 1.54) is 7.11 Å². The Morgan fingerprint density at radius 1 is 1.50 bits per heavy atom. The van der Waals surface area contributed by atoms with Gasteiger partial charge in [0.25, 0.3) is 0 Å². The summed E-state index contributed by atoms with van der Waals surface area (Å²) < 4.78 is 10.0. The number of nitrogens with two attached hydrogens (primary N) is 1. The van der Waals surface area contributed by atoms with Crippen molar-refractivity contribution in [2.75, 3.05) is 7.11 Å². The molecule has 0 aliphatic carbocycles. The first-order chi connectivity index (χ1) is 5.74. The van der Waals surface area contributed by atoms with Gasteiger partial charge >= 0.3 is 5.97 Å². The standard InChI is InChI=1S/C8H11NO3/c1-11-8(10)6-4-2-3-5(12-4)7(6)9/h2-7H,9H2,1H3/t4-,5+,6-,7+/m1/s1. The molecule has 4 nitrogen and oxygen atoms in total. The largest absolute Gasteiger partial charge is 0.469 e. The highest BCUT2D eigenvalue weighted by Gasteiger charge is 2.48. The van der Waals surface area contributed by atoms with Crippen LogP contribution in [0.5, 0.6) is 0 Å². The normalized spacial score (nSPS) is 43.5. The summed E-state index contributed by atoms with van der Waals surface area (Å²) in [5.74, 6) is -0.593. The fourth-order valence-electron chi connectivity index (χ4n) is 1.77. The molecule has 2 aliphatic rings. The molecule has 0 spiro atoms. The van der Waals surface area contributed by atoms with Crippen LogP contribution in [0, 0.1) is 5.92 Å². The maximum atomic E-state index is 11.2. The van der Waals surface area contributed by atoms with Gasteiger partial charge in [0.2, 0.25) is 0 Å². The average Bonchev–Trinajstić information content (AvgIpc) is 2.63. The smallest absolute Gasteiger partial charge is 0.313 e. The van der Waals surface area contributed by atoms with Gasteiger partial charge < -0.3 is 15.2 Å². The maximum Gasteiger partial charge on any atom is 0.313 e. The minimum absolute atomic E-state index is 0.0981. The van der Waals surface area contributed by atoms with Crippen molar-refractivity contribution >= 4 is 5.97 Å². The van der Waals surface area contributed by atoms with E-state index < -0.39 is 0 Å². The highest BCUT2D eigenvalue weighted by Crippen LogP contribution is 2.33. The van der Waals surface area contributed by atoms with Gasteiger partial charge in [-0.1, -0.05) is 12.2 Å². The van der Waals surface area contributed by atoms with Crippen LogP contribution < -0.4 is 5.73 Å². The van der Waals surface area contributed by atoms with Gasteiger partial charge in [-0.2, -0.15) is 0 Å². The Hall–Kier alpha value is -0.870. The fraction of sp³-hybridized carbons (Fsp3) is 0.625. The van der Waals surface area contributed by atoms with Crippen LogP contribution in [-0.2, 0) is 14.3 Å². The molecule has 2 aliphatic heterocycles. The number of hydrogen-bond acceptors (Lipinski definition) is 4. The Kier molecular flexibility index (Phi) is 1.66. The fourth-order valence-corrected chi connectivity index (χ4v) is 1.77. The molecule has 2 heterocycles. The number of fused-ring (bicyclic) bond motifs is 2. The van der Waals surface area contributed by atoms with Crippen molar-refractivity contribution in [3.05, 3.63) is 12.2 Å². The van der Waals surface area contributed by atoms with E-state index in [0.717, 1.165) is 0 Å². The van der Waals surface area contributed by atoms with Crippen LogP contribution in [0.1, 0.15) is 0 Å². The van der Waals surface area contributed by atoms with E-state index in [2.05, 4.69) is 4.74 Å². The summed E-state index contributed by atoms with van der Waals surface area (Å²) in [7, 11) is 1.37. The van der Waals surface area contributed by atoms with Crippen molar-refractivity contribution in [1.29, 1.82) is 0 Å². The van der Waals surface area contributed by atoms with E-state index in [9.17, 15) is 4.79 Å². The molecule has 0 aromatic rings. The monoisotopic (exact) mass is 169 g/mol. The molecule has 4 atom stereocenters. The molecule has 4 heteroatoms. The maximum absolute atomic E-state index is 11.2. The quantitative estimate of drug-likeness (QED) is 0.422. The van der Waals surface area contributed by atoms with Crippen LogP contribution in [0.25, 0.3) is 0 Å². The molecule has 0 aromatic heterocycles. The summed E-state index contributed by atoms with van der Waals surface area (Å²) in [4.78, 5) is 11.2. The van der Waals surface area contributed by atoms with Gasteiger partial charge in [-0.25, -0.2) is 0 Å². The number of ether oxygens (including phenoxy) is 2. The summed E-state index contributed by atoms with van der Waals surface area (Å²) in [5.41, 5.74) is 5.76. The van der Waals surface area contributed by atoms with Crippen LogP contribution in [0.3, 0.4) is 0 Å². The number of rotatable bonds is 1. The van der Waals surface area contributed by atoms with E-state index in [4.69, 9.17) is 10.5 Å². The Balaban J connectivity index is 2.18. The van der Waals surface area contributed by atoms with Crippen LogP contribution >= 0.6 is 0 Å². The molecule has 0 aromatic carbocycles. The number of carbonyl (C=O) groups is 1. The Bertz CT molecular complexity index is 238. The SMILES string of the molecule is COC(=O)[C@H]1[C@@H](N)[C@@H]2C=C[C@H]1O2. The van der Waals surface area contributed by atoms with E-state index in [0.29, 0.717) is 0 Å². The van der Waals surface area contributed by atoms with Crippen molar-refractivity contribution in [3.63, 3.8) is 0 Å². The summed E-state index contributed by atoms with van der Waals surface area (Å²) in [6.45, 7) is 0. The second-order valence-electron chi connectivity index (χ2n) is 3.08. The highest BCUT2D eigenvalue weighted by atomic mass is 16.5. The zero-order valence-corrected chi connectivity index (χ0v) is 6.77. The van der Waals surface area contributed by atoms with E-state index in [1.807, 2.05) is 12.2 Å². The molecule has 0 unspecified atom stereocenters. The lowest BCUT2D eigenvalue weighted by Crippen LogP contribution is -2.42. The summed E-state index contributed by atoms with van der Waals surface area (Å²) in [6, 6.07) is -0.243. The third-order valence-corrected chi connectivity index (χ3v) is 2.43. The topological polar surface area (TPSA) is 61.5 Å². The minimum Gasteiger partial charge on any atom is -0.469 e. The molecule has 1 fully saturated rings. The molecule has 0 amide bonds. The Morgan fingerprint density at radius 2 is 2.17 bits per heavy atom. The predicted octanol–water partition coefficient (Wildman–Crippen LogP) is -0.560. The van der Waals surface area contributed by atoms with Crippen molar-refractivity contribution in [2.24, 2.45) is 11.7 Å². The van der Waals surface area contributed by atoms with Crippen LogP contribution in [0.15, 0.2) is 12.2 Å². The number of methoxy groups -OCH3 is 1. The second-order valence-corrected chi connectivity index (χ2v) is 3.08. The molecule has 0 radical (unpaired) electrons. The van der Waals surface area contributed by atoms with Gasteiger partial charge in [-0.05, 0) is 0 Å². The molecular weight excluding hydrogens is 158 g/mol. The van der Waals surface area contributed by atoms with Crippen molar-refractivity contribution in [3.8, 4) is 0 Å². The molecular formula is C8H11NO3. The third kappa shape index (κ3) is 0.884. The van der Waals surface area contributed by atoms with Gasteiger partial charge in [0, 0.05) is 0 Å². The Morgan fingerprint density at radius 3 is 2.67 bits per heavy atom. The van der Waals surface area contributed by atoms with Crippen molar-refractivity contribution in [1.82, 2.24) is 0 Å². The predicted molar refractivity (Wildman–Crippen MR) is 41.3 cm³/mol. The second kappa shape index (κ2) is 2.57. The first kappa shape index (κ1) is 7.76. The zero-order valence-electron chi connectivity index (χ0n) is 6.77. The molecule has 0 saturated carbocycles. The lowest BCUT2D eigenvalue weighted by Gasteiger charge is -2.18. The number of carbonyl (C=O) groups excluding carboxylic acids is 1. The molecule has 12 heavy (non-hydrogen) atoms. The first-order valence-electron chi connectivity index (χ1n) is 3.91. The van der Waals surface area contributed by atoms with Crippen LogP contribution in [-0.4, -0.2) is 31.3 Å². The van der Waals surface area contributed by atoms with E-state index in [1.54, 1.807) is 0 Å². The van der Waals surface area contributed by atoms with Crippen LogP contribution in [0.2, 0.25) is 0 Å². The van der Waals surface area contributed by atoms with Gasteiger partial charge in [-0.15, -0.1) is 0 Å². The van der Waals surface area contributed by atoms with E-state index >= 15 is 0 Å². The van der Waals surface area contributed by atoms with Crippen molar-refractivity contribution in [2.45, 2.75) is 18.2 Å². The molecule has 2 rings (SSSR count).